The van der Waals surface area contributed by atoms with Crippen molar-refractivity contribution < 1.29 is 14.3 Å². The summed E-state index contributed by atoms with van der Waals surface area (Å²) in [5.41, 5.74) is 1.10. The molecule has 1 aromatic heterocycles. The van der Waals surface area contributed by atoms with E-state index in [4.69, 9.17) is 21.1 Å². The maximum atomic E-state index is 12.1. The number of halogens is 1. The first-order valence-corrected chi connectivity index (χ1v) is 8.78. The van der Waals surface area contributed by atoms with Crippen LogP contribution in [-0.4, -0.2) is 28.5 Å². The zero-order chi connectivity index (χ0) is 18.6. The van der Waals surface area contributed by atoms with Gasteiger partial charge in [-0.15, -0.1) is 0 Å². The van der Waals surface area contributed by atoms with Crippen molar-refractivity contribution in [1.82, 2.24) is 9.78 Å². The summed E-state index contributed by atoms with van der Waals surface area (Å²) in [5, 5.41) is 10.2. The minimum Gasteiger partial charge on any atom is -0.486 e. The van der Waals surface area contributed by atoms with Crippen LogP contribution < -0.4 is 20.1 Å². The summed E-state index contributed by atoms with van der Waals surface area (Å²) >= 11 is 6.04. The molecule has 2 N–H and O–H groups in total. The number of carbonyl (C=O) groups excluding carboxylic acids is 1. The Morgan fingerprint density at radius 3 is 2.78 bits per heavy atom. The van der Waals surface area contributed by atoms with Crippen molar-refractivity contribution >= 4 is 29.0 Å². The number of rotatable bonds is 4. The van der Waals surface area contributed by atoms with Gasteiger partial charge in [-0.1, -0.05) is 35.9 Å². The van der Waals surface area contributed by atoms with E-state index in [2.05, 4.69) is 15.7 Å². The number of fused-ring (bicyclic) bond motifs is 1. The lowest BCUT2D eigenvalue weighted by molar-refractivity contribution is 0.0759. The molecule has 0 fully saturated rings. The van der Waals surface area contributed by atoms with Gasteiger partial charge in [-0.25, -0.2) is 4.79 Å². The third kappa shape index (κ3) is 4.15. The monoisotopic (exact) mass is 384 g/mol. The van der Waals surface area contributed by atoms with Crippen molar-refractivity contribution in [2.24, 2.45) is 0 Å². The Kier molecular flexibility index (Phi) is 4.84. The van der Waals surface area contributed by atoms with Gasteiger partial charge in [0, 0.05) is 6.20 Å². The van der Waals surface area contributed by atoms with Crippen LogP contribution in [0.3, 0.4) is 0 Å². The second-order valence-corrected chi connectivity index (χ2v) is 6.41. The Balaban J connectivity index is 1.34. The van der Waals surface area contributed by atoms with Crippen molar-refractivity contribution in [3.63, 3.8) is 0 Å². The molecule has 0 bridgehead atoms. The van der Waals surface area contributed by atoms with Gasteiger partial charge in [0.05, 0.1) is 29.1 Å². The van der Waals surface area contributed by atoms with Gasteiger partial charge in [0.25, 0.3) is 0 Å². The lowest BCUT2D eigenvalue weighted by Crippen LogP contribution is -2.33. The predicted octanol–water partition coefficient (Wildman–Crippen LogP) is 4.02. The Labute approximate surface area is 160 Å². The molecule has 0 spiro atoms. The molecule has 27 heavy (non-hydrogen) atoms. The normalized spacial score (nSPS) is 15.2. The first kappa shape index (κ1) is 17.2. The molecule has 0 saturated carbocycles. The number of hydrogen-bond acceptors (Lipinski definition) is 4. The number of ether oxygens (including phenoxy) is 2. The van der Waals surface area contributed by atoms with Crippen molar-refractivity contribution in [2.75, 3.05) is 17.2 Å². The minimum atomic E-state index is -0.395. The summed E-state index contributed by atoms with van der Waals surface area (Å²) in [7, 11) is 0. The fraction of sp³-hybridized carbons (Fsp3) is 0.158. The molecule has 2 heterocycles. The van der Waals surface area contributed by atoms with Gasteiger partial charge in [-0.3, -0.25) is 4.68 Å². The van der Waals surface area contributed by atoms with Crippen LogP contribution in [-0.2, 0) is 6.54 Å². The molecule has 3 aromatic rings. The number of anilines is 2. The van der Waals surface area contributed by atoms with E-state index in [1.165, 1.54) is 0 Å². The van der Waals surface area contributed by atoms with E-state index in [0.29, 0.717) is 29.5 Å². The van der Waals surface area contributed by atoms with Crippen LogP contribution >= 0.6 is 11.6 Å². The van der Waals surface area contributed by atoms with Gasteiger partial charge < -0.3 is 20.1 Å². The van der Waals surface area contributed by atoms with Crippen molar-refractivity contribution in [3.8, 4) is 11.5 Å². The standard InChI is InChI=1S/C19H17ClN4O3/c20-15-5-1-2-6-16(15)23-19(25)22-13-9-21-24(10-13)11-14-12-26-17-7-3-4-8-18(17)27-14/h1-10,14H,11-12H2,(H2,22,23,25)/t14-/m0/s1. The SMILES string of the molecule is O=C(Nc1cnn(C[C@H]2COc3ccccc3O2)c1)Nc1ccccc1Cl. The number of nitrogens with one attached hydrogen (secondary N) is 2. The Bertz CT molecular complexity index is 959. The fourth-order valence-corrected chi connectivity index (χ4v) is 2.92. The van der Waals surface area contributed by atoms with E-state index in [1.807, 2.05) is 24.3 Å². The molecule has 8 heteroatoms. The molecule has 0 aliphatic carbocycles. The number of carbonyl (C=O) groups is 1. The largest absolute Gasteiger partial charge is 0.486 e. The molecule has 0 radical (unpaired) electrons. The molecule has 4 rings (SSSR count). The van der Waals surface area contributed by atoms with E-state index >= 15 is 0 Å². The second-order valence-electron chi connectivity index (χ2n) is 6.01. The van der Waals surface area contributed by atoms with Crippen LogP contribution in [0, 0.1) is 0 Å². The Morgan fingerprint density at radius 2 is 1.93 bits per heavy atom. The van der Waals surface area contributed by atoms with Gasteiger partial charge in [-0.05, 0) is 24.3 Å². The summed E-state index contributed by atoms with van der Waals surface area (Å²) in [6.45, 7) is 0.939. The smallest absolute Gasteiger partial charge is 0.323 e. The highest BCUT2D eigenvalue weighted by molar-refractivity contribution is 6.33. The lowest BCUT2D eigenvalue weighted by Gasteiger charge is -2.26. The lowest BCUT2D eigenvalue weighted by atomic mass is 10.2. The van der Waals surface area contributed by atoms with Crippen LogP contribution in [0.5, 0.6) is 11.5 Å². The van der Waals surface area contributed by atoms with Gasteiger partial charge in [0.15, 0.2) is 17.6 Å². The number of aromatic nitrogens is 2. The van der Waals surface area contributed by atoms with Crippen LogP contribution in [0.25, 0.3) is 0 Å². The van der Waals surface area contributed by atoms with Crippen LogP contribution in [0.1, 0.15) is 0 Å². The number of amides is 2. The van der Waals surface area contributed by atoms with Crippen molar-refractivity contribution in [2.45, 2.75) is 12.6 Å². The molecule has 2 amide bonds. The van der Waals surface area contributed by atoms with Gasteiger partial charge in [-0.2, -0.15) is 5.10 Å². The molecular formula is C19H17ClN4O3. The summed E-state index contributed by atoms with van der Waals surface area (Å²) in [6, 6.07) is 14.2. The molecule has 1 aliphatic heterocycles. The van der Waals surface area contributed by atoms with Crippen LogP contribution in [0.15, 0.2) is 60.9 Å². The quantitative estimate of drug-likeness (QED) is 0.712. The topological polar surface area (TPSA) is 77.4 Å². The van der Waals surface area contributed by atoms with E-state index in [9.17, 15) is 4.79 Å². The molecule has 2 aromatic carbocycles. The average molecular weight is 385 g/mol. The molecular weight excluding hydrogens is 368 g/mol. The molecule has 1 aliphatic rings. The number of hydrogen-bond donors (Lipinski definition) is 2. The third-order valence-electron chi connectivity index (χ3n) is 3.97. The fourth-order valence-electron chi connectivity index (χ4n) is 2.74. The number of para-hydroxylation sites is 3. The second kappa shape index (κ2) is 7.59. The Hall–Kier alpha value is -3.19. The molecule has 7 nitrogen and oxygen atoms in total. The zero-order valence-electron chi connectivity index (χ0n) is 14.3. The minimum absolute atomic E-state index is 0.162. The van der Waals surface area contributed by atoms with E-state index in [1.54, 1.807) is 41.3 Å². The number of nitrogens with zero attached hydrogens (tertiary/aromatic N) is 2. The van der Waals surface area contributed by atoms with Gasteiger partial charge >= 0.3 is 6.03 Å². The van der Waals surface area contributed by atoms with E-state index < -0.39 is 6.03 Å². The first-order chi connectivity index (χ1) is 13.2. The summed E-state index contributed by atoms with van der Waals surface area (Å²) in [5.74, 6) is 1.46. The summed E-state index contributed by atoms with van der Waals surface area (Å²) in [6.07, 6.45) is 3.14. The van der Waals surface area contributed by atoms with Gasteiger partial charge in [0.1, 0.15) is 6.61 Å². The number of urea groups is 1. The summed E-state index contributed by atoms with van der Waals surface area (Å²) < 4.78 is 13.3. The molecule has 0 unspecified atom stereocenters. The molecule has 0 saturated heterocycles. The van der Waals surface area contributed by atoms with Crippen molar-refractivity contribution in [1.29, 1.82) is 0 Å². The van der Waals surface area contributed by atoms with Crippen LogP contribution in [0.2, 0.25) is 5.02 Å². The first-order valence-electron chi connectivity index (χ1n) is 8.41. The third-order valence-corrected chi connectivity index (χ3v) is 4.30. The highest BCUT2D eigenvalue weighted by Crippen LogP contribution is 2.31. The zero-order valence-corrected chi connectivity index (χ0v) is 15.0. The van der Waals surface area contributed by atoms with Gasteiger partial charge in [0.2, 0.25) is 0 Å². The molecule has 1 atom stereocenters. The maximum absolute atomic E-state index is 12.1. The average Bonchev–Trinajstić information content (AvgIpc) is 3.10. The van der Waals surface area contributed by atoms with Crippen molar-refractivity contribution in [3.05, 3.63) is 65.9 Å². The maximum Gasteiger partial charge on any atom is 0.323 e. The Morgan fingerprint density at radius 1 is 1.15 bits per heavy atom. The van der Waals surface area contributed by atoms with E-state index in [-0.39, 0.29) is 6.10 Å². The van der Waals surface area contributed by atoms with E-state index in [0.717, 1.165) is 11.5 Å². The number of benzene rings is 2. The summed E-state index contributed by atoms with van der Waals surface area (Å²) in [4.78, 5) is 12.1. The van der Waals surface area contributed by atoms with Crippen LogP contribution in [0.4, 0.5) is 16.2 Å². The predicted molar refractivity (Wildman–Crippen MR) is 103 cm³/mol. The highest BCUT2D eigenvalue weighted by atomic mass is 35.5. The highest BCUT2D eigenvalue weighted by Gasteiger charge is 2.21. The molecule has 138 valence electrons.